The molecule has 2 N–H and O–H groups in total. The van der Waals surface area contributed by atoms with Gasteiger partial charge in [-0.25, -0.2) is 14.6 Å². The highest BCUT2D eigenvalue weighted by Gasteiger charge is 2.26. The van der Waals surface area contributed by atoms with Gasteiger partial charge in [-0.3, -0.25) is 24.0 Å². The second kappa shape index (κ2) is 5.62. The summed E-state index contributed by atoms with van der Waals surface area (Å²) in [5.41, 5.74) is -0.735. The van der Waals surface area contributed by atoms with Gasteiger partial charge in [0.05, 0.1) is 6.33 Å². The number of carbonyl (C=O) groups excluding carboxylic acids is 2. The molecule has 0 saturated heterocycles. The van der Waals surface area contributed by atoms with Crippen LogP contribution in [0.5, 0.6) is 0 Å². The van der Waals surface area contributed by atoms with E-state index >= 15 is 0 Å². The van der Waals surface area contributed by atoms with E-state index in [1.54, 1.807) is 6.92 Å². The quantitative estimate of drug-likeness (QED) is 0.745. The van der Waals surface area contributed by atoms with Gasteiger partial charge in [-0.05, 0) is 19.8 Å². The van der Waals surface area contributed by atoms with Crippen LogP contribution in [0.2, 0.25) is 0 Å². The Balaban J connectivity index is 1.94. The van der Waals surface area contributed by atoms with Gasteiger partial charge in [0, 0.05) is 20.1 Å². The topological polar surface area (TPSA) is 120 Å². The molecule has 2 aromatic rings. The lowest BCUT2D eigenvalue weighted by atomic mass is 10.3. The maximum Gasteiger partial charge on any atom is 0.332 e. The Hall–Kier alpha value is -2.91. The van der Waals surface area contributed by atoms with Crippen molar-refractivity contribution >= 4 is 23.1 Å². The van der Waals surface area contributed by atoms with Crippen LogP contribution < -0.4 is 21.9 Å². The fraction of sp³-hybridized carbons (Fsp3) is 0.500. The zero-order valence-corrected chi connectivity index (χ0v) is 13.6. The minimum Gasteiger partial charge on any atom is -0.335 e. The molecular weight excluding hydrogens is 316 g/mol. The molecule has 1 saturated carbocycles. The van der Waals surface area contributed by atoms with Crippen LogP contribution in [0.15, 0.2) is 15.9 Å². The number of hydrogen-bond acceptors (Lipinski definition) is 5. The predicted molar refractivity (Wildman–Crippen MR) is 84.6 cm³/mol. The molecule has 3 amide bonds. The number of imide groups is 1. The minimum atomic E-state index is -0.842. The molecule has 2 heterocycles. The SMILES string of the molecule is CC(C(=O)NC(=O)NC1CC1)n1cnc2c1c(=O)n(C)c(=O)n2C. The van der Waals surface area contributed by atoms with Crippen molar-refractivity contribution < 1.29 is 9.59 Å². The molecule has 10 heteroatoms. The Morgan fingerprint density at radius 3 is 2.54 bits per heavy atom. The average Bonchev–Trinajstić information content (AvgIpc) is 3.24. The number of hydrogen-bond donors (Lipinski definition) is 2. The van der Waals surface area contributed by atoms with Gasteiger partial charge in [0.1, 0.15) is 6.04 Å². The number of imidazole rings is 1. The zero-order chi connectivity index (χ0) is 17.6. The number of rotatable bonds is 3. The molecule has 128 valence electrons. The fourth-order valence-electron chi connectivity index (χ4n) is 2.45. The summed E-state index contributed by atoms with van der Waals surface area (Å²) < 4.78 is 3.54. The number of aromatic nitrogens is 4. The molecule has 0 radical (unpaired) electrons. The number of amides is 3. The maximum absolute atomic E-state index is 12.4. The van der Waals surface area contributed by atoms with Gasteiger partial charge in [0.2, 0.25) is 0 Å². The van der Waals surface area contributed by atoms with E-state index in [4.69, 9.17) is 0 Å². The van der Waals surface area contributed by atoms with Crippen molar-refractivity contribution in [1.82, 2.24) is 29.3 Å². The Bertz CT molecular complexity index is 949. The molecule has 1 unspecified atom stereocenters. The lowest BCUT2D eigenvalue weighted by molar-refractivity contribution is -0.122. The van der Waals surface area contributed by atoms with Gasteiger partial charge >= 0.3 is 11.7 Å². The highest BCUT2D eigenvalue weighted by Crippen LogP contribution is 2.18. The minimum absolute atomic E-state index is 0.129. The van der Waals surface area contributed by atoms with E-state index in [0.717, 1.165) is 17.4 Å². The van der Waals surface area contributed by atoms with Crippen molar-refractivity contribution in [3.8, 4) is 0 Å². The van der Waals surface area contributed by atoms with Crippen molar-refractivity contribution in [2.24, 2.45) is 14.1 Å². The first-order valence-corrected chi connectivity index (χ1v) is 7.55. The van der Waals surface area contributed by atoms with Crippen molar-refractivity contribution in [3.05, 3.63) is 27.2 Å². The van der Waals surface area contributed by atoms with Gasteiger partial charge in [-0.1, -0.05) is 0 Å². The Kier molecular flexibility index (Phi) is 3.74. The van der Waals surface area contributed by atoms with Gasteiger partial charge < -0.3 is 9.88 Å². The van der Waals surface area contributed by atoms with Crippen LogP contribution in [0.3, 0.4) is 0 Å². The third-order valence-electron chi connectivity index (χ3n) is 4.12. The first-order chi connectivity index (χ1) is 11.3. The van der Waals surface area contributed by atoms with Crippen LogP contribution >= 0.6 is 0 Å². The van der Waals surface area contributed by atoms with Crippen molar-refractivity contribution in [3.63, 3.8) is 0 Å². The molecule has 10 nitrogen and oxygen atoms in total. The summed E-state index contributed by atoms with van der Waals surface area (Å²) in [7, 11) is 2.85. The molecule has 2 aromatic heterocycles. The molecular formula is C14H18N6O4. The summed E-state index contributed by atoms with van der Waals surface area (Å²) >= 11 is 0. The summed E-state index contributed by atoms with van der Waals surface area (Å²) in [6.07, 6.45) is 3.13. The highest BCUT2D eigenvalue weighted by atomic mass is 16.2. The molecule has 0 aliphatic heterocycles. The second-order valence-corrected chi connectivity index (χ2v) is 5.94. The van der Waals surface area contributed by atoms with Gasteiger partial charge in [-0.15, -0.1) is 0 Å². The Morgan fingerprint density at radius 2 is 1.92 bits per heavy atom. The molecule has 1 fully saturated rings. The number of aryl methyl sites for hydroxylation is 1. The van der Waals surface area contributed by atoms with E-state index in [0.29, 0.717) is 0 Å². The average molecular weight is 334 g/mol. The van der Waals surface area contributed by atoms with Gasteiger partial charge in [-0.2, -0.15) is 0 Å². The fourth-order valence-corrected chi connectivity index (χ4v) is 2.45. The molecule has 0 spiro atoms. The summed E-state index contributed by atoms with van der Waals surface area (Å²) in [6, 6.07) is -1.27. The van der Waals surface area contributed by atoms with E-state index < -0.39 is 29.2 Å². The van der Waals surface area contributed by atoms with E-state index in [2.05, 4.69) is 15.6 Å². The van der Waals surface area contributed by atoms with Crippen LogP contribution in [0.1, 0.15) is 25.8 Å². The van der Waals surface area contributed by atoms with E-state index in [1.165, 1.54) is 29.6 Å². The standard InChI is InChI=1S/C14H18N6O4/c1-7(11(21)17-13(23)16-8-4-5-8)20-6-15-10-9(20)12(22)19(3)14(24)18(10)2/h6-8H,4-5H2,1-3H3,(H2,16,17,21,23). The van der Waals surface area contributed by atoms with Crippen molar-refractivity contribution in [1.29, 1.82) is 0 Å². The normalized spacial score (nSPS) is 15.3. The van der Waals surface area contributed by atoms with E-state index in [-0.39, 0.29) is 17.2 Å². The Labute approximate surface area is 136 Å². The summed E-state index contributed by atoms with van der Waals surface area (Å²) in [4.78, 5) is 52.3. The number of carbonyl (C=O) groups is 2. The first kappa shape index (κ1) is 16.0. The number of nitrogens with zero attached hydrogens (tertiary/aromatic N) is 4. The molecule has 1 aliphatic carbocycles. The molecule has 1 atom stereocenters. The Morgan fingerprint density at radius 1 is 1.25 bits per heavy atom. The van der Waals surface area contributed by atoms with Gasteiger partial charge in [0.15, 0.2) is 11.2 Å². The van der Waals surface area contributed by atoms with Crippen molar-refractivity contribution in [2.75, 3.05) is 0 Å². The molecule has 24 heavy (non-hydrogen) atoms. The number of nitrogens with one attached hydrogen (secondary N) is 2. The van der Waals surface area contributed by atoms with Crippen LogP contribution in [0.4, 0.5) is 4.79 Å². The summed E-state index contributed by atoms with van der Waals surface area (Å²) in [5.74, 6) is -0.566. The first-order valence-electron chi connectivity index (χ1n) is 7.55. The predicted octanol–water partition coefficient (Wildman–Crippen LogP) is -1.02. The van der Waals surface area contributed by atoms with Crippen LogP contribution in [-0.4, -0.2) is 36.7 Å². The van der Waals surface area contributed by atoms with E-state index in [9.17, 15) is 19.2 Å². The monoisotopic (exact) mass is 334 g/mol. The smallest absolute Gasteiger partial charge is 0.332 e. The summed E-state index contributed by atoms with van der Waals surface area (Å²) in [6.45, 7) is 1.55. The zero-order valence-electron chi connectivity index (χ0n) is 13.6. The third kappa shape index (κ3) is 2.59. The number of urea groups is 1. The lowest BCUT2D eigenvalue weighted by Crippen LogP contribution is -2.43. The van der Waals surface area contributed by atoms with Crippen LogP contribution in [0.25, 0.3) is 11.2 Å². The third-order valence-corrected chi connectivity index (χ3v) is 4.12. The largest absolute Gasteiger partial charge is 0.335 e. The number of fused-ring (bicyclic) bond motifs is 1. The lowest BCUT2D eigenvalue weighted by Gasteiger charge is -2.14. The van der Waals surface area contributed by atoms with Crippen molar-refractivity contribution in [2.45, 2.75) is 31.8 Å². The molecule has 3 rings (SSSR count). The second-order valence-electron chi connectivity index (χ2n) is 5.94. The highest BCUT2D eigenvalue weighted by molar-refractivity contribution is 5.96. The molecule has 0 bridgehead atoms. The van der Waals surface area contributed by atoms with Crippen LogP contribution in [0, 0.1) is 0 Å². The summed E-state index contributed by atoms with van der Waals surface area (Å²) in [5, 5.41) is 4.90. The molecule has 0 aromatic carbocycles. The molecule has 1 aliphatic rings. The maximum atomic E-state index is 12.4. The van der Waals surface area contributed by atoms with E-state index in [1.807, 2.05) is 0 Å². The van der Waals surface area contributed by atoms with Crippen LogP contribution in [-0.2, 0) is 18.9 Å². The van der Waals surface area contributed by atoms with Gasteiger partial charge in [0.25, 0.3) is 11.5 Å².